The maximum atomic E-state index is 12.8. The number of carbonyl (C=O) groups is 3. The molecule has 1 fully saturated rings. The smallest absolute Gasteiger partial charge is 0.251 e. The van der Waals surface area contributed by atoms with Gasteiger partial charge >= 0.3 is 0 Å². The Kier molecular flexibility index (Phi) is 9.30. The fourth-order valence-corrected chi connectivity index (χ4v) is 3.67. The number of amides is 3. The second-order valence-corrected chi connectivity index (χ2v) is 8.42. The second-order valence-electron chi connectivity index (χ2n) is 8.42. The number of piperidine rings is 1. The van der Waals surface area contributed by atoms with Gasteiger partial charge in [0, 0.05) is 38.7 Å². The second kappa shape index (κ2) is 11.7. The van der Waals surface area contributed by atoms with Crippen LogP contribution in [-0.4, -0.2) is 62.0 Å². The maximum Gasteiger partial charge on any atom is 0.251 e. The first-order chi connectivity index (χ1) is 14.3. The summed E-state index contributed by atoms with van der Waals surface area (Å²) >= 11 is 0. The fraction of sp³-hybridized carbons (Fsp3) is 0.609. The van der Waals surface area contributed by atoms with Gasteiger partial charge in [-0.05, 0) is 43.7 Å². The average Bonchev–Trinajstić information content (AvgIpc) is 2.72. The molecule has 0 radical (unpaired) electrons. The number of hydrogen-bond acceptors (Lipinski definition) is 4. The van der Waals surface area contributed by atoms with Crippen molar-refractivity contribution in [1.82, 2.24) is 15.5 Å². The van der Waals surface area contributed by atoms with Gasteiger partial charge < -0.3 is 20.3 Å². The number of carbonyl (C=O) groups excluding carboxylic acids is 3. The molecule has 0 saturated carbocycles. The van der Waals surface area contributed by atoms with Crippen molar-refractivity contribution in [2.45, 2.75) is 46.1 Å². The molecule has 1 saturated heterocycles. The van der Waals surface area contributed by atoms with E-state index in [1.807, 2.05) is 37.8 Å². The number of benzene rings is 1. The normalized spacial score (nSPS) is 15.7. The van der Waals surface area contributed by atoms with Gasteiger partial charge in [0.1, 0.15) is 6.04 Å². The Morgan fingerprint density at radius 2 is 1.77 bits per heavy atom. The molecule has 0 spiro atoms. The van der Waals surface area contributed by atoms with Crippen LogP contribution in [0.2, 0.25) is 0 Å². The van der Waals surface area contributed by atoms with Crippen molar-refractivity contribution < 1.29 is 19.1 Å². The van der Waals surface area contributed by atoms with E-state index in [1.54, 1.807) is 19.2 Å². The summed E-state index contributed by atoms with van der Waals surface area (Å²) in [7, 11) is 1.58. The molecule has 7 heteroatoms. The van der Waals surface area contributed by atoms with E-state index >= 15 is 0 Å². The van der Waals surface area contributed by atoms with Crippen LogP contribution in [0, 0.1) is 18.8 Å². The SMILES string of the molecule is COCCNC(=O)[C@H](NC(=O)c1ccc(C)cc1)C1CCN(C(=O)CC(C)C)CC1. The molecule has 1 heterocycles. The highest BCUT2D eigenvalue weighted by molar-refractivity contribution is 5.97. The largest absolute Gasteiger partial charge is 0.383 e. The van der Waals surface area contributed by atoms with Crippen LogP contribution in [-0.2, 0) is 14.3 Å². The number of methoxy groups -OCH3 is 1. The topological polar surface area (TPSA) is 87.7 Å². The lowest BCUT2D eigenvalue weighted by Crippen LogP contribution is -2.54. The lowest BCUT2D eigenvalue weighted by Gasteiger charge is -2.36. The summed E-state index contributed by atoms with van der Waals surface area (Å²) < 4.78 is 5.00. The zero-order valence-electron chi connectivity index (χ0n) is 18.6. The number of aryl methyl sites for hydroxylation is 1. The van der Waals surface area contributed by atoms with Crippen molar-refractivity contribution in [1.29, 1.82) is 0 Å². The number of ether oxygens (including phenoxy) is 1. The van der Waals surface area contributed by atoms with E-state index in [1.165, 1.54) is 0 Å². The van der Waals surface area contributed by atoms with E-state index in [9.17, 15) is 14.4 Å². The van der Waals surface area contributed by atoms with Crippen LogP contribution in [0.4, 0.5) is 0 Å². The van der Waals surface area contributed by atoms with Crippen molar-refractivity contribution in [3.63, 3.8) is 0 Å². The zero-order chi connectivity index (χ0) is 22.1. The van der Waals surface area contributed by atoms with Crippen LogP contribution < -0.4 is 10.6 Å². The van der Waals surface area contributed by atoms with Gasteiger partial charge in [0.2, 0.25) is 11.8 Å². The van der Waals surface area contributed by atoms with Gasteiger partial charge in [-0.3, -0.25) is 14.4 Å². The lowest BCUT2D eigenvalue weighted by atomic mass is 9.88. The van der Waals surface area contributed by atoms with Crippen molar-refractivity contribution in [3.8, 4) is 0 Å². The summed E-state index contributed by atoms with van der Waals surface area (Å²) in [5.74, 6) is -0.0127. The highest BCUT2D eigenvalue weighted by Gasteiger charge is 2.33. The van der Waals surface area contributed by atoms with E-state index in [0.717, 1.165) is 5.56 Å². The first kappa shape index (κ1) is 23.9. The molecule has 30 heavy (non-hydrogen) atoms. The molecule has 1 aromatic rings. The van der Waals surface area contributed by atoms with Gasteiger partial charge in [-0.15, -0.1) is 0 Å². The van der Waals surface area contributed by atoms with Crippen molar-refractivity contribution in [2.75, 3.05) is 33.4 Å². The van der Waals surface area contributed by atoms with Crippen LogP contribution in [0.3, 0.4) is 0 Å². The molecule has 1 aliphatic rings. The molecule has 166 valence electrons. The number of rotatable bonds is 9. The predicted molar refractivity (Wildman–Crippen MR) is 116 cm³/mol. The zero-order valence-corrected chi connectivity index (χ0v) is 18.6. The fourth-order valence-electron chi connectivity index (χ4n) is 3.67. The summed E-state index contributed by atoms with van der Waals surface area (Å²) in [6.07, 6.45) is 1.90. The first-order valence-electron chi connectivity index (χ1n) is 10.7. The first-order valence-corrected chi connectivity index (χ1v) is 10.7. The minimum absolute atomic E-state index is 0.0231. The highest BCUT2D eigenvalue weighted by Crippen LogP contribution is 2.23. The van der Waals surface area contributed by atoms with E-state index in [0.29, 0.717) is 57.0 Å². The molecule has 0 aromatic heterocycles. The van der Waals surface area contributed by atoms with Gasteiger partial charge in [0.25, 0.3) is 5.91 Å². The maximum absolute atomic E-state index is 12.8. The summed E-state index contributed by atoms with van der Waals surface area (Å²) in [5.41, 5.74) is 1.60. The quantitative estimate of drug-likeness (QED) is 0.603. The van der Waals surface area contributed by atoms with Gasteiger partial charge in [0.05, 0.1) is 6.61 Å². The predicted octanol–water partition coefficient (Wildman–Crippen LogP) is 2.14. The van der Waals surface area contributed by atoms with Gasteiger partial charge in [-0.2, -0.15) is 0 Å². The van der Waals surface area contributed by atoms with Crippen molar-refractivity contribution in [2.24, 2.45) is 11.8 Å². The van der Waals surface area contributed by atoms with Crippen molar-refractivity contribution >= 4 is 17.7 Å². The summed E-state index contributed by atoms with van der Waals surface area (Å²) in [5, 5.41) is 5.78. The standard InChI is InChI=1S/C23H35N3O4/c1-16(2)15-20(27)26-12-9-18(10-13-26)21(23(29)24-11-14-30-4)25-22(28)19-7-5-17(3)6-8-19/h5-8,16,18,21H,9-15H2,1-4H3,(H,24,29)(H,25,28)/t21-/m1/s1. The molecule has 7 nitrogen and oxygen atoms in total. The van der Waals surface area contributed by atoms with E-state index in [2.05, 4.69) is 10.6 Å². The highest BCUT2D eigenvalue weighted by atomic mass is 16.5. The Bertz CT molecular complexity index is 710. The number of nitrogens with one attached hydrogen (secondary N) is 2. The molecule has 1 atom stereocenters. The minimum atomic E-state index is -0.641. The molecule has 1 aromatic carbocycles. The Labute approximate surface area is 179 Å². The lowest BCUT2D eigenvalue weighted by molar-refractivity contribution is -0.133. The molecule has 1 aliphatic heterocycles. The Hall–Kier alpha value is -2.41. The van der Waals surface area contributed by atoms with Gasteiger partial charge in [0.15, 0.2) is 0 Å². The molecule has 3 amide bonds. The average molecular weight is 418 g/mol. The third kappa shape index (κ3) is 7.13. The van der Waals surface area contributed by atoms with Crippen LogP contribution >= 0.6 is 0 Å². The van der Waals surface area contributed by atoms with E-state index in [-0.39, 0.29) is 23.6 Å². The number of hydrogen-bond donors (Lipinski definition) is 2. The van der Waals surface area contributed by atoms with E-state index < -0.39 is 6.04 Å². The summed E-state index contributed by atoms with van der Waals surface area (Å²) in [6.45, 7) is 8.04. The third-order valence-electron chi connectivity index (χ3n) is 5.43. The number of likely N-dealkylation sites (tertiary alicyclic amines) is 1. The molecular formula is C23H35N3O4. The Morgan fingerprint density at radius 3 is 2.33 bits per heavy atom. The monoisotopic (exact) mass is 417 g/mol. The molecular weight excluding hydrogens is 382 g/mol. The van der Waals surface area contributed by atoms with Crippen LogP contribution in [0.25, 0.3) is 0 Å². The summed E-state index contributed by atoms with van der Waals surface area (Å²) in [6, 6.07) is 6.64. The number of nitrogens with zero attached hydrogens (tertiary/aromatic N) is 1. The van der Waals surface area contributed by atoms with Gasteiger partial charge in [-0.1, -0.05) is 31.5 Å². The van der Waals surface area contributed by atoms with Crippen LogP contribution in [0.1, 0.15) is 49.0 Å². The molecule has 2 N–H and O–H groups in total. The summed E-state index contributed by atoms with van der Waals surface area (Å²) in [4.78, 5) is 39.8. The van der Waals surface area contributed by atoms with Crippen LogP contribution in [0.15, 0.2) is 24.3 Å². The molecule has 2 rings (SSSR count). The molecule has 0 bridgehead atoms. The van der Waals surface area contributed by atoms with Gasteiger partial charge in [-0.25, -0.2) is 0 Å². The molecule has 0 unspecified atom stereocenters. The molecule has 0 aliphatic carbocycles. The van der Waals surface area contributed by atoms with Crippen molar-refractivity contribution in [3.05, 3.63) is 35.4 Å². The third-order valence-corrected chi connectivity index (χ3v) is 5.43. The minimum Gasteiger partial charge on any atom is -0.383 e. The Balaban J connectivity index is 2.04. The Morgan fingerprint density at radius 1 is 1.13 bits per heavy atom. The van der Waals surface area contributed by atoms with E-state index in [4.69, 9.17) is 4.74 Å². The van der Waals surface area contributed by atoms with Crippen LogP contribution in [0.5, 0.6) is 0 Å².